The van der Waals surface area contributed by atoms with Crippen molar-refractivity contribution in [3.8, 4) is 0 Å². The van der Waals surface area contributed by atoms with Crippen LogP contribution in [0.2, 0.25) is 0 Å². The number of nitrogens with zero attached hydrogens (tertiary/aromatic N) is 1. The predicted molar refractivity (Wildman–Crippen MR) is 69.0 cm³/mol. The number of unbranched alkanes of at least 4 members (excludes halogenated alkanes) is 1. The number of ether oxygens (including phenoxy) is 1. The summed E-state index contributed by atoms with van der Waals surface area (Å²) in [4.78, 5) is 13.8. The molecule has 1 saturated heterocycles. The Morgan fingerprint density at radius 2 is 2.35 bits per heavy atom. The van der Waals surface area contributed by atoms with E-state index in [9.17, 15) is 4.79 Å². The number of piperidine rings is 1. The van der Waals surface area contributed by atoms with Gasteiger partial charge in [0, 0.05) is 6.54 Å². The molecule has 4 heteroatoms. The zero-order chi connectivity index (χ0) is 12.5. The molecule has 0 saturated carbocycles. The van der Waals surface area contributed by atoms with Gasteiger partial charge in [-0.1, -0.05) is 13.3 Å². The minimum atomic E-state index is -0.0662. The summed E-state index contributed by atoms with van der Waals surface area (Å²) in [7, 11) is 1.98. The molecular formula is C13H26N2O2. The van der Waals surface area contributed by atoms with E-state index in [1.807, 2.05) is 7.05 Å². The standard InChI is InChI=1S/C13H26N2O2/c1-3-4-8-17-13(16)11-15-7-5-6-12(10-15)9-14-2/h12,14H,3-11H2,1-2H3. The van der Waals surface area contributed by atoms with Gasteiger partial charge in [0.1, 0.15) is 0 Å². The third-order valence-corrected chi connectivity index (χ3v) is 3.21. The summed E-state index contributed by atoms with van der Waals surface area (Å²) in [6, 6.07) is 0. The van der Waals surface area contributed by atoms with Gasteiger partial charge >= 0.3 is 5.97 Å². The third-order valence-electron chi connectivity index (χ3n) is 3.21. The van der Waals surface area contributed by atoms with Crippen LogP contribution in [0.25, 0.3) is 0 Å². The molecule has 0 spiro atoms. The summed E-state index contributed by atoms with van der Waals surface area (Å²) < 4.78 is 5.18. The summed E-state index contributed by atoms with van der Waals surface area (Å²) >= 11 is 0. The van der Waals surface area contributed by atoms with Crippen LogP contribution in [0.4, 0.5) is 0 Å². The molecule has 0 radical (unpaired) electrons. The van der Waals surface area contributed by atoms with Gasteiger partial charge in [-0.15, -0.1) is 0 Å². The van der Waals surface area contributed by atoms with Crippen LogP contribution in [0.5, 0.6) is 0 Å². The molecule has 1 aliphatic heterocycles. The Bertz CT molecular complexity index is 219. The molecule has 0 aliphatic carbocycles. The lowest BCUT2D eigenvalue weighted by molar-refractivity contribution is -0.145. The SMILES string of the molecule is CCCCOC(=O)CN1CCCC(CNC)C1. The van der Waals surface area contributed by atoms with E-state index in [-0.39, 0.29) is 5.97 Å². The maximum Gasteiger partial charge on any atom is 0.320 e. The van der Waals surface area contributed by atoms with Crippen molar-refractivity contribution >= 4 is 5.97 Å². The van der Waals surface area contributed by atoms with E-state index in [1.165, 1.54) is 12.8 Å². The van der Waals surface area contributed by atoms with Crippen molar-refractivity contribution in [2.24, 2.45) is 5.92 Å². The highest BCUT2D eigenvalue weighted by Crippen LogP contribution is 2.15. The van der Waals surface area contributed by atoms with Crippen molar-refractivity contribution in [3.63, 3.8) is 0 Å². The molecule has 1 rings (SSSR count). The molecule has 0 aromatic carbocycles. The highest BCUT2D eigenvalue weighted by atomic mass is 16.5. The molecule has 17 heavy (non-hydrogen) atoms. The lowest BCUT2D eigenvalue weighted by atomic mass is 9.98. The Morgan fingerprint density at radius 3 is 3.06 bits per heavy atom. The van der Waals surface area contributed by atoms with Crippen molar-refractivity contribution < 1.29 is 9.53 Å². The predicted octanol–water partition coefficient (Wildman–Crippen LogP) is 1.26. The Balaban J connectivity index is 2.18. The summed E-state index contributed by atoms with van der Waals surface area (Å²) in [5.74, 6) is 0.612. The van der Waals surface area contributed by atoms with Crippen LogP contribution in [0.1, 0.15) is 32.6 Å². The number of hydrogen-bond donors (Lipinski definition) is 1. The smallest absolute Gasteiger partial charge is 0.320 e. The summed E-state index contributed by atoms with van der Waals surface area (Å²) in [5, 5.41) is 3.21. The number of likely N-dealkylation sites (tertiary alicyclic amines) is 1. The Morgan fingerprint density at radius 1 is 1.53 bits per heavy atom. The number of nitrogens with one attached hydrogen (secondary N) is 1. The van der Waals surface area contributed by atoms with Gasteiger partial charge in [-0.3, -0.25) is 9.69 Å². The van der Waals surface area contributed by atoms with Gasteiger partial charge in [0.15, 0.2) is 0 Å². The molecule has 1 atom stereocenters. The monoisotopic (exact) mass is 242 g/mol. The van der Waals surface area contributed by atoms with Crippen molar-refractivity contribution in [2.45, 2.75) is 32.6 Å². The van der Waals surface area contributed by atoms with Crippen molar-refractivity contribution in [1.29, 1.82) is 0 Å². The first-order chi connectivity index (χ1) is 8.26. The second-order valence-electron chi connectivity index (χ2n) is 4.88. The average molecular weight is 242 g/mol. The molecule has 100 valence electrons. The van der Waals surface area contributed by atoms with Crippen LogP contribution in [-0.4, -0.2) is 50.7 Å². The van der Waals surface area contributed by atoms with Gasteiger partial charge in [0.25, 0.3) is 0 Å². The van der Waals surface area contributed by atoms with E-state index in [4.69, 9.17) is 4.74 Å². The Labute approximate surface area is 105 Å². The number of carbonyl (C=O) groups excluding carboxylic acids is 1. The van der Waals surface area contributed by atoms with Crippen LogP contribution < -0.4 is 5.32 Å². The van der Waals surface area contributed by atoms with E-state index >= 15 is 0 Å². The van der Waals surface area contributed by atoms with Crippen molar-refractivity contribution in [2.75, 3.05) is 39.8 Å². The number of rotatable bonds is 7. The van der Waals surface area contributed by atoms with E-state index in [1.54, 1.807) is 0 Å². The van der Waals surface area contributed by atoms with Crippen molar-refractivity contribution in [1.82, 2.24) is 10.2 Å². The fourth-order valence-corrected chi connectivity index (χ4v) is 2.31. The zero-order valence-electron chi connectivity index (χ0n) is 11.2. The van der Waals surface area contributed by atoms with Crippen LogP contribution in [0.15, 0.2) is 0 Å². The molecule has 0 amide bonds. The quantitative estimate of drug-likeness (QED) is 0.539. The van der Waals surface area contributed by atoms with E-state index in [0.29, 0.717) is 19.1 Å². The molecule has 1 N–H and O–H groups in total. The molecule has 0 aromatic rings. The molecule has 0 bridgehead atoms. The van der Waals surface area contributed by atoms with Gasteiger partial charge in [0.2, 0.25) is 0 Å². The highest BCUT2D eigenvalue weighted by molar-refractivity contribution is 5.71. The number of carbonyl (C=O) groups is 1. The highest BCUT2D eigenvalue weighted by Gasteiger charge is 2.21. The first-order valence-electron chi connectivity index (χ1n) is 6.78. The summed E-state index contributed by atoms with van der Waals surface area (Å²) in [5.41, 5.74) is 0. The van der Waals surface area contributed by atoms with Crippen LogP contribution >= 0.6 is 0 Å². The van der Waals surface area contributed by atoms with Gasteiger partial charge in [-0.25, -0.2) is 0 Å². The summed E-state index contributed by atoms with van der Waals surface area (Å²) in [6.07, 6.45) is 4.49. The molecule has 1 fully saturated rings. The lowest BCUT2D eigenvalue weighted by Gasteiger charge is -2.31. The average Bonchev–Trinajstić information content (AvgIpc) is 2.30. The molecule has 1 heterocycles. The lowest BCUT2D eigenvalue weighted by Crippen LogP contribution is -2.41. The van der Waals surface area contributed by atoms with Gasteiger partial charge < -0.3 is 10.1 Å². The topological polar surface area (TPSA) is 41.6 Å². The van der Waals surface area contributed by atoms with Crippen LogP contribution in [-0.2, 0) is 9.53 Å². The van der Waals surface area contributed by atoms with Gasteiger partial charge in [-0.2, -0.15) is 0 Å². The van der Waals surface area contributed by atoms with Crippen LogP contribution in [0.3, 0.4) is 0 Å². The Kier molecular flexibility index (Phi) is 7.21. The zero-order valence-corrected chi connectivity index (χ0v) is 11.2. The van der Waals surface area contributed by atoms with E-state index in [0.717, 1.165) is 32.5 Å². The number of hydrogen-bond acceptors (Lipinski definition) is 4. The minimum Gasteiger partial charge on any atom is -0.465 e. The fourth-order valence-electron chi connectivity index (χ4n) is 2.31. The molecule has 4 nitrogen and oxygen atoms in total. The van der Waals surface area contributed by atoms with Crippen LogP contribution in [0, 0.1) is 5.92 Å². The maximum absolute atomic E-state index is 11.6. The minimum absolute atomic E-state index is 0.0662. The van der Waals surface area contributed by atoms with Gasteiger partial charge in [0.05, 0.1) is 13.2 Å². The van der Waals surface area contributed by atoms with E-state index < -0.39 is 0 Å². The molecule has 0 aromatic heterocycles. The van der Waals surface area contributed by atoms with Crippen molar-refractivity contribution in [3.05, 3.63) is 0 Å². The van der Waals surface area contributed by atoms with E-state index in [2.05, 4.69) is 17.1 Å². The molecular weight excluding hydrogens is 216 g/mol. The largest absolute Gasteiger partial charge is 0.465 e. The molecule has 1 unspecified atom stereocenters. The van der Waals surface area contributed by atoms with Gasteiger partial charge in [-0.05, 0) is 45.3 Å². The number of esters is 1. The third kappa shape index (κ3) is 6.03. The maximum atomic E-state index is 11.6. The second-order valence-corrected chi connectivity index (χ2v) is 4.88. The normalized spacial score (nSPS) is 21.4. The fraction of sp³-hybridized carbons (Fsp3) is 0.923. The first kappa shape index (κ1) is 14.5. The Hall–Kier alpha value is -0.610. The first-order valence-corrected chi connectivity index (χ1v) is 6.78. The second kappa shape index (κ2) is 8.48. The summed E-state index contributed by atoms with van der Waals surface area (Å²) in [6.45, 7) is 6.22. The molecule has 1 aliphatic rings.